The molecule has 0 spiro atoms. The van der Waals surface area contributed by atoms with Crippen LogP contribution in [0.2, 0.25) is 0 Å². The normalized spacial score (nSPS) is 17.3. The number of carbonyl (C=O) groups excluding carboxylic acids is 2. The number of ether oxygens (including phenoxy) is 1. The first-order valence-electron chi connectivity index (χ1n) is 15.8. The Morgan fingerprint density at radius 3 is 1.94 bits per heavy atom. The highest BCUT2D eigenvalue weighted by Gasteiger charge is 2.41. The first kappa shape index (κ1) is 36.9. The Morgan fingerprint density at radius 1 is 0.854 bits per heavy atom. The van der Waals surface area contributed by atoms with Gasteiger partial charge in [0.25, 0.3) is 0 Å². The van der Waals surface area contributed by atoms with Gasteiger partial charge in [-0.05, 0) is 119 Å². The first-order chi connectivity index (χ1) is 22.2. The van der Waals surface area contributed by atoms with Crippen LogP contribution >= 0.6 is 0 Å². The number of hydrogen-bond donors (Lipinski definition) is 0. The highest BCUT2D eigenvalue weighted by molar-refractivity contribution is 6.04. The van der Waals surface area contributed by atoms with E-state index in [-0.39, 0.29) is 23.9 Å². The topological polar surface area (TPSA) is 59.5 Å². The first-order valence-corrected chi connectivity index (χ1v) is 15.8. The second kappa shape index (κ2) is 13.9. The van der Waals surface area contributed by atoms with Gasteiger partial charge in [-0.25, -0.2) is 4.39 Å². The van der Waals surface area contributed by atoms with Gasteiger partial charge in [-0.15, -0.1) is 0 Å². The number of halogens is 7. The number of anilines is 1. The Bertz CT molecular complexity index is 1640. The van der Waals surface area contributed by atoms with E-state index in [1.54, 1.807) is 26.8 Å². The molecular weight excluding hydrogens is 641 g/mol. The van der Waals surface area contributed by atoms with Crippen LogP contribution in [0.3, 0.4) is 0 Å². The standard InChI is InChI=1S/C36H39F7N2O3/c1-7-48-31(46)15-22-8-10-23(11-9-22)30-19-29(28-13-12-27(37)14-20(28)2)32(21(3)44-30)45(6)33(47)34(4,5)24-16-25(35(38,39)40)18-26(17-24)36(41,42)43/h12-14,16-19,22-23H,7-11,15H2,1-6H3. The fourth-order valence-electron chi connectivity index (χ4n) is 6.54. The van der Waals surface area contributed by atoms with E-state index in [0.29, 0.717) is 53.2 Å². The summed E-state index contributed by atoms with van der Waals surface area (Å²) in [5.41, 5.74) is -2.22. The number of alkyl halides is 6. The second-order valence-electron chi connectivity index (χ2n) is 13.0. The van der Waals surface area contributed by atoms with Crippen molar-refractivity contribution < 1.29 is 45.1 Å². The molecule has 0 unspecified atom stereocenters. The lowest BCUT2D eigenvalue weighted by Gasteiger charge is -2.33. The third-order valence-corrected chi connectivity index (χ3v) is 9.18. The van der Waals surface area contributed by atoms with Gasteiger partial charge < -0.3 is 9.64 Å². The van der Waals surface area contributed by atoms with Gasteiger partial charge in [0.15, 0.2) is 0 Å². The van der Waals surface area contributed by atoms with Gasteiger partial charge in [-0.1, -0.05) is 6.07 Å². The van der Waals surface area contributed by atoms with E-state index < -0.39 is 46.2 Å². The summed E-state index contributed by atoms with van der Waals surface area (Å²) in [5.74, 6) is -1.27. The molecule has 0 N–H and O–H groups in total. The molecule has 0 atom stereocenters. The summed E-state index contributed by atoms with van der Waals surface area (Å²) in [5, 5.41) is 0. The lowest BCUT2D eigenvalue weighted by Crippen LogP contribution is -2.42. The van der Waals surface area contributed by atoms with Gasteiger partial charge in [0.1, 0.15) is 5.82 Å². The maximum Gasteiger partial charge on any atom is 0.416 e. The van der Waals surface area contributed by atoms with Crippen LogP contribution < -0.4 is 4.90 Å². The van der Waals surface area contributed by atoms with Crippen LogP contribution in [-0.4, -0.2) is 30.5 Å². The number of nitrogens with zero attached hydrogens (tertiary/aromatic N) is 2. The molecule has 1 heterocycles. The van der Waals surface area contributed by atoms with Crippen molar-refractivity contribution in [2.45, 2.75) is 90.4 Å². The number of rotatable bonds is 8. The zero-order valence-electron chi connectivity index (χ0n) is 27.7. The van der Waals surface area contributed by atoms with Crippen molar-refractivity contribution in [3.8, 4) is 11.1 Å². The average Bonchev–Trinajstić information content (AvgIpc) is 2.99. The molecule has 0 bridgehead atoms. The number of benzene rings is 2. The minimum Gasteiger partial charge on any atom is -0.466 e. The third kappa shape index (κ3) is 8.01. The van der Waals surface area contributed by atoms with Crippen molar-refractivity contribution >= 4 is 17.6 Å². The summed E-state index contributed by atoms with van der Waals surface area (Å²) in [6.45, 7) is 8.00. The Hall–Kier alpha value is -3.96. The molecule has 0 saturated heterocycles. The quantitative estimate of drug-likeness (QED) is 0.176. The van der Waals surface area contributed by atoms with Gasteiger partial charge in [-0.2, -0.15) is 26.3 Å². The lowest BCUT2D eigenvalue weighted by molar-refractivity contribution is -0.145. The number of likely N-dealkylation sites (N-methyl/N-ethyl adjacent to an activating group) is 1. The fraction of sp³-hybridized carbons (Fsp3) is 0.472. The largest absolute Gasteiger partial charge is 0.466 e. The Labute approximate surface area is 275 Å². The Balaban J connectivity index is 1.77. The number of carbonyl (C=O) groups is 2. The molecule has 48 heavy (non-hydrogen) atoms. The molecule has 2 aromatic carbocycles. The summed E-state index contributed by atoms with van der Waals surface area (Å²) >= 11 is 0. The van der Waals surface area contributed by atoms with Gasteiger partial charge in [0.05, 0.1) is 34.5 Å². The van der Waals surface area contributed by atoms with E-state index in [2.05, 4.69) is 0 Å². The predicted octanol–water partition coefficient (Wildman–Crippen LogP) is 9.71. The molecule has 1 aliphatic rings. The van der Waals surface area contributed by atoms with E-state index >= 15 is 0 Å². The summed E-state index contributed by atoms with van der Waals surface area (Å²) in [6.07, 6.45) is -6.77. The molecule has 1 amide bonds. The summed E-state index contributed by atoms with van der Waals surface area (Å²) < 4.78 is 101. The number of esters is 1. The Kier molecular flexibility index (Phi) is 10.7. The third-order valence-electron chi connectivity index (χ3n) is 9.18. The molecule has 1 saturated carbocycles. The van der Waals surface area contributed by atoms with E-state index in [1.807, 2.05) is 6.07 Å². The SMILES string of the molecule is CCOC(=O)CC1CCC(c2cc(-c3ccc(F)cc3C)c(N(C)C(=O)C(C)(C)c3cc(C(F)(F)F)cc(C(F)(F)F)c3)c(C)n2)CC1. The predicted molar refractivity (Wildman–Crippen MR) is 168 cm³/mol. The van der Waals surface area contributed by atoms with Crippen LogP contribution in [0, 0.1) is 25.6 Å². The van der Waals surface area contributed by atoms with Crippen molar-refractivity contribution in [2.75, 3.05) is 18.6 Å². The van der Waals surface area contributed by atoms with E-state index in [4.69, 9.17) is 9.72 Å². The molecule has 3 aromatic rings. The fourth-order valence-corrected chi connectivity index (χ4v) is 6.54. The highest BCUT2D eigenvalue weighted by Crippen LogP contribution is 2.44. The van der Waals surface area contributed by atoms with Crippen molar-refractivity contribution in [2.24, 2.45) is 5.92 Å². The number of aryl methyl sites for hydroxylation is 2. The molecule has 260 valence electrons. The molecule has 1 aliphatic carbocycles. The smallest absolute Gasteiger partial charge is 0.416 e. The zero-order chi connectivity index (χ0) is 35.8. The number of aromatic nitrogens is 1. The molecule has 5 nitrogen and oxygen atoms in total. The summed E-state index contributed by atoms with van der Waals surface area (Å²) in [6, 6.07) is 7.16. The Morgan fingerprint density at radius 2 is 1.42 bits per heavy atom. The zero-order valence-corrected chi connectivity index (χ0v) is 27.7. The molecule has 12 heteroatoms. The summed E-state index contributed by atoms with van der Waals surface area (Å²) in [4.78, 5) is 32.2. The van der Waals surface area contributed by atoms with Crippen molar-refractivity contribution in [3.63, 3.8) is 0 Å². The minimum atomic E-state index is -5.08. The second-order valence-corrected chi connectivity index (χ2v) is 13.0. The van der Waals surface area contributed by atoms with Crippen LogP contribution in [0.5, 0.6) is 0 Å². The van der Waals surface area contributed by atoms with Crippen LogP contribution in [0.1, 0.15) is 92.4 Å². The van der Waals surface area contributed by atoms with Crippen LogP contribution in [0.4, 0.5) is 36.4 Å². The number of pyridine rings is 1. The van der Waals surface area contributed by atoms with E-state index in [1.165, 1.54) is 37.9 Å². The van der Waals surface area contributed by atoms with E-state index in [9.17, 15) is 40.3 Å². The molecule has 1 fully saturated rings. The molecular formula is C36H39F7N2O3. The van der Waals surface area contributed by atoms with Crippen LogP contribution in [0.15, 0.2) is 42.5 Å². The molecule has 1 aromatic heterocycles. The van der Waals surface area contributed by atoms with E-state index in [0.717, 1.165) is 31.4 Å². The van der Waals surface area contributed by atoms with Gasteiger partial charge in [-0.3, -0.25) is 14.6 Å². The molecule has 0 radical (unpaired) electrons. The lowest BCUT2D eigenvalue weighted by atomic mass is 9.78. The summed E-state index contributed by atoms with van der Waals surface area (Å²) in [7, 11) is 1.40. The van der Waals surface area contributed by atoms with Crippen molar-refractivity contribution in [1.82, 2.24) is 4.98 Å². The van der Waals surface area contributed by atoms with Crippen molar-refractivity contribution in [3.05, 3.63) is 81.9 Å². The highest BCUT2D eigenvalue weighted by atomic mass is 19.4. The minimum absolute atomic E-state index is 0.0269. The van der Waals surface area contributed by atoms with Crippen LogP contribution in [-0.2, 0) is 32.1 Å². The molecule has 4 rings (SSSR count). The molecule has 0 aliphatic heterocycles. The number of amides is 1. The number of hydrogen-bond acceptors (Lipinski definition) is 4. The van der Waals surface area contributed by atoms with Crippen molar-refractivity contribution in [1.29, 1.82) is 0 Å². The van der Waals surface area contributed by atoms with Gasteiger partial charge in [0.2, 0.25) is 5.91 Å². The van der Waals surface area contributed by atoms with Gasteiger partial charge in [0, 0.05) is 30.6 Å². The van der Waals surface area contributed by atoms with Gasteiger partial charge >= 0.3 is 18.3 Å². The monoisotopic (exact) mass is 680 g/mol. The van der Waals surface area contributed by atoms with Crippen LogP contribution in [0.25, 0.3) is 11.1 Å². The maximum atomic E-state index is 14.2. The maximum absolute atomic E-state index is 14.2. The average molecular weight is 681 g/mol.